The minimum Gasteiger partial charge on any atom is -0.382 e. The van der Waals surface area contributed by atoms with Gasteiger partial charge in [0.1, 0.15) is 6.10 Å². The summed E-state index contributed by atoms with van der Waals surface area (Å²) in [7, 11) is 1.68. The molecule has 0 aromatic heterocycles. The first-order valence-corrected chi connectivity index (χ1v) is 10.9. The second-order valence-corrected chi connectivity index (χ2v) is 7.44. The number of hydrogen-bond acceptors (Lipinski definition) is 2. The highest BCUT2D eigenvalue weighted by atomic mass is 16.6. The van der Waals surface area contributed by atoms with Gasteiger partial charge in [0.2, 0.25) is 0 Å². The van der Waals surface area contributed by atoms with Gasteiger partial charge in [-0.05, 0) is 62.2 Å². The molecule has 0 radical (unpaired) electrons. The third kappa shape index (κ3) is 9.19. The van der Waals surface area contributed by atoms with Gasteiger partial charge in [0, 0.05) is 7.11 Å². The second-order valence-electron chi connectivity index (χ2n) is 7.44. The minimum absolute atomic E-state index is 0.426. The van der Waals surface area contributed by atoms with Gasteiger partial charge in [0.15, 0.2) is 0 Å². The molecule has 5 aliphatic rings. The van der Waals surface area contributed by atoms with Crippen LogP contribution in [0.2, 0.25) is 0 Å². The SMILES string of the molecule is C1C2CC3CC1CC(C2)C3.CC.CC.COCC1CO1.c1ccccc1. The van der Waals surface area contributed by atoms with Crippen LogP contribution in [-0.2, 0) is 9.47 Å². The molecular weight excluding hydrogens is 320 g/mol. The summed E-state index contributed by atoms with van der Waals surface area (Å²) in [5.41, 5.74) is 0. The Labute approximate surface area is 162 Å². The van der Waals surface area contributed by atoms with Crippen LogP contribution in [0.4, 0.5) is 0 Å². The van der Waals surface area contributed by atoms with Crippen molar-refractivity contribution in [3.05, 3.63) is 36.4 Å². The van der Waals surface area contributed by atoms with Crippen LogP contribution in [0.15, 0.2) is 36.4 Å². The Hall–Kier alpha value is -0.860. The third-order valence-corrected chi connectivity index (χ3v) is 5.42. The van der Waals surface area contributed by atoms with Gasteiger partial charge in [-0.3, -0.25) is 0 Å². The van der Waals surface area contributed by atoms with E-state index < -0.39 is 0 Å². The van der Waals surface area contributed by atoms with E-state index in [-0.39, 0.29) is 0 Å². The number of rotatable bonds is 2. The lowest BCUT2D eigenvalue weighted by atomic mass is 9.56. The van der Waals surface area contributed by atoms with Crippen molar-refractivity contribution in [3.8, 4) is 0 Å². The summed E-state index contributed by atoms with van der Waals surface area (Å²) in [6, 6.07) is 12.0. The Morgan fingerprint density at radius 1 is 0.654 bits per heavy atom. The van der Waals surface area contributed by atoms with Crippen molar-refractivity contribution in [2.75, 3.05) is 20.3 Å². The van der Waals surface area contributed by atoms with E-state index in [9.17, 15) is 0 Å². The van der Waals surface area contributed by atoms with Crippen molar-refractivity contribution in [1.29, 1.82) is 0 Å². The summed E-state index contributed by atoms with van der Waals surface area (Å²) in [5, 5.41) is 0. The van der Waals surface area contributed by atoms with E-state index in [1.54, 1.807) is 45.6 Å². The van der Waals surface area contributed by atoms with Crippen molar-refractivity contribution in [3.63, 3.8) is 0 Å². The molecule has 1 aromatic carbocycles. The molecule has 1 aliphatic heterocycles. The standard InChI is InChI=1S/C10H16.C6H6.C4H8O2.2C2H6/c1-7-2-9-4-8(1)5-10(3-7)6-9;1-2-4-6-5-3-1;1-5-2-4-3-6-4;2*1-2/h7-10H,1-6H2;1-6H;4H,2-3H2,1H3;2*1-2H3. The van der Waals surface area contributed by atoms with E-state index in [1.807, 2.05) is 64.1 Å². The molecule has 4 saturated carbocycles. The van der Waals surface area contributed by atoms with E-state index in [0.29, 0.717) is 6.10 Å². The number of ether oxygens (including phenoxy) is 2. The zero-order chi connectivity index (χ0) is 19.2. The van der Waals surface area contributed by atoms with Gasteiger partial charge in [-0.2, -0.15) is 0 Å². The quantitative estimate of drug-likeness (QED) is 0.553. The summed E-state index contributed by atoms with van der Waals surface area (Å²) in [6.07, 6.45) is 10.1. The zero-order valence-electron chi connectivity index (χ0n) is 17.8. The van der Waals surface area contributed by atoms with Crippen LogP contribution in [-0.4, -0.2) is 26.4 Å². The molecule has 1 atom stereocenters. The summed E-state index contributed by atoms with van der Waals surface area (Å²) >= 11 is 0. The fraction of sp³-hybridized carbons (Fsp3) is 0.750. The van der Waals surface area contributed by atoms with Crippen LogP contribution in [0.5, 0.6) is 0 Å². The van der Waals surface area contributed by atoms with Crippen LogP contribution < -0.4 is 0 Å². The van der Waals surface area contributed by atoms with Gasteiger partial charge in [0.05, 0.1) is 13.2 Å². The summed E-state index contributed by atoms with van der Waals surface area (Å²) in [5.74, 6) is 4.71. The fourth-order valence-corrected chi connectivity index (χ4v) is 4.72. The number of hydrogen-bond donors (Lipinski definition) is 0. The Morgan fingerprint density at radius 3 is 1.08 bits per heavy atom. The molecule has 0 N–H and O–H groups in total. The Balaban J connectivity index is 0.000000186. The van der Waals surface area contributed by atoms with Gasteiger partial charge in [-0.1, -0.05) is 64.1 Å². The zero-order valence-corrected chi connectivity index (χ0v) is 17.8. The summed E-state index contributed by atoms with van der Waals surface area (Å²) < 4.78 is 9.56. The van der Waals surface area contributed by atoms with Crippen molar-refractivity contribution in [2.24, 2.45) is 23.7 Å². The highest BCUT2D eigenvalue weighted by molar-refractivity contribution is 4.99. The van der Waals surface area contributed by atoms with Crippen molar-refractivity contribution in [1.82, 2.24) is 0 Å². The topological polar surface area (TPSA) is 21.8 Å². The molecular formula is C24H42O2. The molecule has 150 valence electrons. The number of benzene rings is 1. The maximum Gasteiger partial charge on any atom is 0.104 e. The first-order chi connectivity index (χ1) is 12.8. The van der Waals surface area contributed by atoms with Gasteiger partial charge in [-0.25, -0.2) is 0 Å². The van der Waals surface area contributed by atoms with Crippen LogP contribution in [0, 0.1) is 23.7 Å². The van der Waals surface area contributed by atoms with Crippen molar-refractivity contribution < 1.29 is 9.47 Å². The average molecular weight is 363 g/mol. The number of methoxy groups -OCH3 is 1. The molecule has 4 aliphatic carbocycles. The van der Waals surface area contributed by atoms with Gasteiger partial charge in [0.25, 0.3) is 0 Å². The molecule has 1 saturated heterocycles. The molecule has 6 rings (SSSR count). The highest BCUT2D eigenvalue weighted by Crippen LogP contribution is 2.53. The van der Waals surface area contributed by atoms with E-state index in [1.165, 1.54) is 23.7 Å². The first kappa shape index (κ1) is 23.2. The largest absolute Gasteiger partial charge is 0.382 e. The van der Waals surface area contributed by atoms with Crippen molar-refractivity contribution >= 4 is 0 Å². The molecule has 2 heteroatoms. The number of epoxide rings is 1. The van der Waals surface area contributed by atoms with Crippen molar-refractivity contribution in [2.45, 2.75) is 72.3 Å². The second kappa shape index (κ2) is 14.2. The lowest BCUT2D eigenvalue weighted by Gasteiger charge is -2.49. The van der Waals surface area contributed by atoms with Gasteiger partial charge < -0.3 is 9.47 Å². The monoisotopic (exact) mass is 362 g/mol. The molecule has 1 heterocycles. The summed E-state index contributed by atoms with van der Waals surface area (Å²) in [6.45, 7) is 9.66. The van der Waals surface area contributed by atoms with E-state index in [0.717, 1.165) is 13.2 Å². The predicted octanol–water partition coefficient (Wildman–Crippen LogP) is 6.60. The third-order valence-electron chi connectivity index (χ3n) is 5.42. The van der Waals surface area contributed by atoms with Gasteiger partial charge >= 0.3 is 0 Å². The average Bonchev–Trinajstić information content (AvgIpc) is 3.51. The Morgan fingerprint density at radius 2 is 0.923 bits per heavy atom. The van der Waals surface area contributed by atoms with Crippen LogP contribution >= 0.6 is 0 Å². The van der Waals surface area contributed by atoms with Crippen LogP contribution in [0.3, 0.4) is 0 Å². The van der Waals surface area contributed by atoms with Crippen LogP contribution in [0.1, 0.15) is 66.2 Å². The maximum absolute atomic E-state index is 4.82. The smallest absolute Gasteiger partial charge is 0.104 e. The lowest BCUT2D eigenvalue weighted by molar-refractivity contribution is 0.0198. The molecule has 26 heavy (non-hydrogen) atoms. The Kier molecular flexibility index (Phi) is 12.7. The Bertz CT molecular complexity index is 330. The normalized spacial score (nSPS) is 31.5. The molecule has 1 unspecified atom stereocenters. The fourth-order valence-electron chi connectivity index (χ4n) is 4.72. The molecule has 0 spiro atoms. The molecule has 2 nitrogen and oxygen atoms in total. The highest BCUT2D eigenvalue weighted by Gasteiger charge is 2.41. The molecule has 4 bridgehead atoms. The van der Waals surface area contributed by atoms with E-state index in [4.69, 9.17) is 9.47 Å². The summed E-state index contributed by atoms with van der Waals surface area (Å²) in [4.78, 5) is 0. The predicted molar refractivity (Wildman–Crippen MR) is 112 cm³/mol. The lowest BCUT2D eigenvalue weighted by Crippen LogP contribution is -2.38. The van der Waals surface area contributed by atoms with E-state index >= 15 is 0 Å². The first-order valence-electron chi connectivity index (χ1n) is 10.9. The molecule has 0 amide bonds. The van der Waals surface area contributed by atoms with E-state index in [2.05, 4.69) is 0 Å². The van der Waals surface area contributed by atoms with Gasteiger partial charge in [-0.15, -0.1) is 0 Å². The minimum atomic E-state index is 0.426. The van der Waals surface area contributed by atoms with Crippen LogP contribution in [0.25, 0.3) is 0 Å². The molecule has 5 fully saturated rings. The maximum atomic E-state index is 4.82. The molecule has 1 aromatic rings.